The van der Waals surface area contributed by atoms with E-state index in [0.717, 1.165) is 71.1 Å². The van der Waals surface area contributed by atoms with Crippen LogP contribution in [-0.2, 0) is 9.53 Å². The number of amides is 2. The van der Waals surface area contributed by atoms with Crippen molar-refractivity contribution in [2.45, 2.75) is 83.7 Å². The van der Waals surface area contributed by atoms with Crippen molar-refractivity contribution < 1.29 is 14.3 Å². The predicted molar refractivity (Wildman–Crippen MR) is 106 cm³/mol. The summed E-state index contributed by atoms with van der Waals surface area (Å²) in [6, 6.07) is 0.515. The lowest BCUT2D eigenvalue weighted by Crippen LogP contribution is -2.57. The lowest BCUT2D eigenvalue weighted by Gasteiger charge is -2.45. The van der Waals surface area contributed by atoms with Crippen molar-refractivity contribution in [1.82, 2.24) is 15.1 Å². The number of carbonyl (C=O) groups is 2. The first-order valence-electron chi connectivity index (χ1n) is 10.8. The molecule has 0 aromatic rings. The number of ether oxygens (including phenoxy) is 1. The molecule has 27 heavy (non-hydrogen) atoms. The van der Waals surface area contributed by atoms with E-state index in [1.54, 1.807) is 0 Å². The molecule has 3 fully saturated rings. The second kappa shape index (κ2) is 8.38. The summed E-state index contributed by atoms with van der Waals surface area (Å²) in [5, 5.41) is 3.32. The van der Waals surface area contributed by atoms with Crippen molar-refractivity contribution in [2.75, 3.05) is 32.8 Å². The van der Waals surface area contributed by atoms with Gasteiger partial charge in [-0.2, -0.15) is 0 Å². The number of likely N-dealkylation sites (tertiary alicyclic amines) is 2. The van der Waals surface area contributed by atoms with Gasteiger partial charge in [-0.15, -0.1) is 0 Å². The third-order valence-electron chi connectivity index (χ3n) is 7.06. The largest absolute Gasteiger partial charge is 0.450 e. The molecular formula is C21H37N3O3. The van der Waals surface area contributed by atoms with Crippen LogP contribution < -0.4 is 5.32 Å². The van der Waals surface area contributed by atoms with E-state index < -0.39 is 0 Å². The van der Waals surface area contributed by atoms with E-state index in [4.69, 9.17) is 4.74 Å². The highest BCUT2D eigenvalue weighted by Gasteiger charge is 2.42. The summed E-state index contributed by atoms with van der Waals surface area (Å²) in [4.78, 5) is 29.2. The van der Waals surface area contributed by atoms with Gasteiger partial charge in [0, 0.05) is 30.1 Å². The van der Waals surface area contributed by atoms with Gasteiger partial charge in [-0.05, 0) is 78.3 Å². The molecule has 1 aliphatic carbocycles. The van der Waals surface area contributed by atoms with E-state index in [9.17, 15) is 9.59 Å². The smallest absolute Gasteiger partial charge is 0.409 e. The molecule has 1 saturated carbocycles. The van der Waals surface area contributed by atoms with E-state index in [1.165, 1.54) is 6.42 Å². The Morgan fingerprint density at radius 2 is 1.70 bits per heavy atom. The molecule has 0 aromatic carbocycles. The maximum atomic E-state index is 12.9. The Hall–Kier alpha value is -1.30. The predicted octanol–water partition coefficient (Wildman–Crippen LogP) is 3.16. The van der Waals surface area contributed by atoms with E-state index >= 15 is 0 Å². The molecule has 3 aliphatic rings. The Kier molecular flexibility index (Phi) is 6.34. The van der Waals surface area contributed by atoms with Gasteiger partial charge in [-0.1, -0.05) is 6.92 Å². The average Bonchev–Trinajstić information content (AvgIpc) is 2.87. The van der Waals surface area contributed by atoms with Crippen LogP contribution in [0.1, 0.15) is 72.1 Å². The van der Waals surface area contributed by atoms with Crippen molar-refractivity contribution in [3.05, 3.63) is 0 Å². The second-order valence-electron chi connectivity index (χ2n) is 9.24. The number of rotatable bonds is 4. The molecule has 6 heteroatoms. The van der Waals surface area contributed by atoms with Crippen molar-refractivity contribution >= 4 is 12.0 Å². The van der Waals surface area contributed by atoms with Gasteiger partial charge in [-0.3, -0.25) is 4.79 Å². The Balaban J connectivity index is 1.48. The van der Waals surface area contributed by atoms with Gasteiger partial charge in [0.2, 0.25) is 5.91 Å². The summed E-state index contributed by atoms with van der Waals surface area (Å²) in [5.41, 5.74) is -0.203. The van der Waals surface area contributed by atoms with Crippen LogP contribution >= 0.6 is 0 Å². The zero-order chi connectivity index (χ0) is 19.5. The highest BCUT2D eigenvalue weighted by molar-refractivity contribution is 5.83. The minimum absolute atomic E-state index is 0.0368. The van der Waals surface area contributed by atoms with Crippen LogP contribution in [0.3, 0.4) is 0 Å². The normalized spacial score (nSPS) is 28.0. The average molecular weight is 380 g/mol. The summed E-state index contributed by atoms with van der Waals surface area (Å²) in [6.07, 6.45) is 8.27. The third-order valence-corrected chi connectivity index (χ3v) is 7.06. The summed E-state index contributed by atoms with van der Waals surface area (Å²) in [5.74, 6) is 0.249. The Morgan fingerprint density at radius 1 is 1.00 bits per heavy atom. The zero-order valence-corrected chi connectivity index (χ0v) is 17.4. The molecule has 3 rings (SSSR count). The Morgan fingerprint density at radius 3 is 2.30 bits per heavy atom. The molecule has 0 spiro atoms. The van der Waals surface area contributed by atoms with E-state index in [1.807, 2.05) is 11.8 Å². The maximum absolute atomic E-state index is 12.9. The Bertz CT molecular complexity index is 539. The monoisotopic (exact) mass is 379 g/mol. The fraction of sp³-hybridized carbons (Fsp3) is 0.905. The van der Waals surface area contributed by atoms with Gasteiger partial charge < -0.3 is 19.9 Å². The number of piperidine rings is 1. The van der Waals surface area contributed by atoms with Crippen molar-refractivity contribution in [3.8, 4) is 0 Å². The number of hydrogen-bond acceptors (Lipinski definition) is 4. The van der Waals surface area contributed by atoms with E-state index in [-0.39, 0.29) is 23.0 Å². The molecule has 1 N–H and O–H groups in total. The molecule has 1 unspecified atom stereocenters. The summed E-state index contributed by atoms with van der Waals surface area (Å²) in [7, 11) is 0. The number of carbonyl (C=O) groups excluding carboxylic acids is 2. The van der Waals surface area contributed by atoms with Gasteiger partial charge in [0.25, 0.3) is 0 Å². The van der Waals surface area contributed by atoms with Crippen LogP contribution in [0.5, 0.6) is 0 Å². The molecule has 0 bridgehead atoms. The molecular weight excluding hydrogens is 342 g/mol. The minimum atomic E-state index is -0.239. The number of nitrogens with zero attached hydrogens (tertiary/aromatic N) is 2. The summed E-state index contributed by atoms with van der Waals surface area (Å²) in [6.45, 7) is 10.1. The quantitative estimate of drug-likeness (QED) is 0.815. The lowest BCUT2D eigenvalue weighted by molar-refractivity contribution is -0.136. The fourth-order valence-electron chi connectivity index (χ4n) is 4.71. The standard InChI is InChI=1S/C21H37N3O3/c1-4-27-19(26)24-13-5-7-17(8-14-24)23-15-11-20(2,12-16-23)18(25)22-21(3)9-6-10-21/h17H,4-16H2,1-3H3,(H,22,25). The molecule has 0 aromatic heterocycles. The van der Waals surface area contributed by atoms with E-state index in [2.05, 4.69) is 24.1 Å². The molecule has 1 atom stereocenters. The lowest BCUT2D eigenvalue weighted by atomic mass is 9.74. The zero-order valence-electron chi connectivity index (χ0n) is 17.4. The van der Waals surface area contributed by atoms with Gasteiger partial charge >= 0.3 is 6.09 Å². The molecule has 2 amide bonds. The second-order valence-corrected chi connectivity index (χ2v) is 9.24. The molecule has 154 valence electrons. The molecule has 2 aliphatic heterocycles. The topological polar surface area (TPSA) is 61.9 Å². The summed E-state index contributed by atoms with van der Waals surface area (Å²) >= 11 is 0. The van der Waals surface area contributed by atoms with E-state index in [0.29, 0.717) is 12.6 Å². The van der Waals surface area contributed by atoms with Crippen molar-refractivity contribution in [1.29, 1.82) is 0 Å². The van der Waals surface area contributed by atoms with Crippen LogP contribution in [-0.4, -0.2) is 66.2 Å². The molecule has 6 nitrogen and oxygen atoms in total. The van der Waals surface area contributed by atoms with Crippen molar-refractivity contribution in [2.24, 2.45) is 5.41 Å². The first-order valence-corrected chi connectivity index (χ1v) is 10.8. The number of hydrogen-bond donors (Lipinski definition) is 1. The van der Waals surface area contributed by atoms with Crippen LogP contribution in [0, 0.1) is 5.41 Å². The first-order chi connectivity index (χ1) is 12.9. The Labute approximate surface area is 164 Å². The van der Waals surface area contributed by atoms with Gasteiger partial charge in [-0.25, -0.2) is 4.79 Å². The minimum Gasteiger partial charge on any atom is -0.450 e. The third kappa shape index (κ3) is 4.76. The SMILES string of the molecule is CCOC(=O)N1CCCC(N2CCC(C)(C(=O)NC3(C)CCC3)CC2)CC1. The van der Waals surface area contributed by atoms with Crippen molar-refractivity contribution in [3.63, 3.8) is 0 Å². The fourth-order valence-corrected chi connectivity index (χ4v) is 4.71. The molecule has 2 saturated heterocycles. The first kappa shape index (κ1) is 20.4. The van der Waals surface area contributed by atoms with Crippen LogP contribution in [0.15, 0.2) is 0 Å². The molecule has 2 heterocycles. The maximum Gasteiger partial charge on any atom is 0.409 e. The van der Waals surface area contributed by atoms with Gasteiger partial charge in [0.1, 0.15) is 0 Å². The van der Waals surface area contributed by atoms with Crippen LogP contribution in [0.25, 0.3) is 0 Å². The van der Waals surface area contributed by atoms with Gasteiger partial charge in [0.05, 0.1) is 6.61 Å². The van der Waals surface area contributed by atoms with Crippen LogP contribution in [0.2, 0.25) is 0 Å². The highest BCUT2D eigenvalue weighted by Crippen LogP contribution is 2.37. The van der Waals surface area contributed by atoms with Crippen LogP contribution in [0.4, 0.5) is 4.79 Å². The molecule has 0 radical (unpaired) electrons. The number of nitrogens with one attached hydrogen (secondary N) is 1. The summed E-state index contributed by atoms with van der Waals surface area (Å²) < 4.78 is 5.15. The van der Waals surface area contributed by atoms with Gasteiger partial charge in [0.15, 0.2) is 0 Å². The highest BCUT2D eigenvalue weighted by atomic mass is 16.6.